The molecule has 92 valence electrons. The summed E-state index contributed by atoms with van der Waals surface area (Å²) in [6.45, 7) is 0.665. The van der Waals surface area contributed by atoms with Gasteiger partial charge in [-0.2, -0.15) is 0 Å². The third-order valence-electron chi connectivity index (χ3n) is 3.13. The molecule has 1 atom stereocenters. The van der Waals surface area contributed by atoms with Crippen LogP contribution in [0.1, 0.15) is 22.8 Å². The molecule has 0 bridgehead atoms. The maximum Gasteiger partial charge on any atom is 0.147 e. The van der Waals surface area contributed by atoms with E-state index < -0.39 is 11.9 Å². The molecule has 1 unspecified atom stereocenters. The standard InChI is InChI=1S/C14H12FNO2/c15-12-8-16-5-3-11(12)14(17)10-1-2-13-9(7-10)4-6-18-13/h1-3,5,7-8,14,17H,4,6H2. The van der Waals surface area contributed by atoms with Crippen molar-refractivity contribution >= 4 is 0 Å². The Morgan fingerprint density at radius 1 is 1.33 bits per heavy atom. The van der Waals surface area contributed by atoms with Crippen LogP contribution < -0.4 is 4.74 Å². The van der Waals surface area contributed by atoms with Crippen LogP contribution in [0.3, 0.4) is 0 Å². The Kier molecular flexibility index (Phi) is 2.72. The number of nitrogens with zero attached hydrogens (tertiary/aromatic N) is 1. The van der Waals surface area contributed by atoms with E-state index >= 15 is 0 Å². The SMILES string of the molecule is OC(c1ccc2c(c1)CCO2)c1ccncc1F. The first-order valence-electron chi connectivity index (χ1n) is 5.79. The summed E-state index contributed by atoms with van der Waals surface area (Å²) in [5, 5.41) is 10.2. The molecule has 3 nitrogen and oxygen atoms in total. The lowest BCUT2D eigenvalue weighted by molar-refractivity contribution is 0.214. The molecule has 3 rings (SSSR count). The van der Waals surface area contributed by atoms with Crippen LogP contribution in [-0.2, 0) is 6.42 Å². The number of aliphatic hydroxyl groups excluding tert-OH is 1. The number of aliphatic hydroxyl groups is 1. The molecule has 0 fully saturated rings. The molecule has 0 saturated heterocycles. The lowest BCUT2D eigenvalue weighted by Crippen LogP contribution is -2.03. The quantitative estimate of drug-likeness (QED) is 0.882. The second kappa shape index (κ2) is 4.38. The van der Waals surface area contributed by atoms with Crippen molar-refractivity contribution in [1.29, 1.82) is 0 Å². The average Bonchev–Trinajstić information content (AvgIpc) is 2.85. The zero-order valence-electron chi connectivity index (χ0n) is 9.64. The molecule has 2 aromatic rings. The number of benzene rings is 1. The van der Waals surface area contributed by atoms with E-state index in [1.54, 1.807) is 6.07 Å². The van der Waals surface area contributed by atoms with Gasteiger partial charge in [0, 0.05) is 18.2 Å². The molecular weight excluding hydrogens is 233 g/mol. The van der Waals surface area contributed by atoms with Crippen molar-refractivity contribution in [3.8, 4) is 5.75 Å². The summed E-state index contributed by atoms with van der Waals surface area (Å²) in [6, 6.07) is 6.94. The Morgan fingerprint density at radius 3 is 3.06 bits per heavy atom. The van der Waals surface area contributed by atoms with E-state index in [4.69, 9.17) is 4.74 Å². The van der Waals surface area contributed by atoms with Gasteiger partial charge in [-0.3, -0.25) is 4.98 Å². The lowest BCUT2D eigenvalue weighted by atomic mass is 9.99. The Balaban J connectivity index is 1.98. The molecule has 0 saturated carbocycles. The number of aromatic nitrogens is 1. The number of rotatable bonds is 2. The summed E-state index contributed by atoms with van der Waals surface area (Å²) < 4.78 is 18.9. The first-order valence-corrected chi connectivity index (χ1v) is 5.79. The predicted molar refractivity (Wildman–Crippen MR) is 63.9 cm³/mol. The van der Waals surface area contributed by atoms with Gasteiger partial charge in [0.15, 0.2) is 0 Å². The minimum Gasteiger partial charge on any atom is -0.493 e. The molecule has 1 aromatic heterocycles. The second-order valence-electron chi connectivity index (χ2n) is 4.27. The van der Waals surface area contributed by atoms with Gasteiger partial charge in [0.05, 0.1) is 12.8 Å². The minimum atomic E-state index is -0.973. The third kappa shape index (κ3) is 1.84. The van der Waals surface area contributed by atoms with Crippen LogP contribution in [0.15, 0.2) is 36.7 Å². The maximum atomic E-state index is 13.6. The first-order chi connectivity index (χ1) is 8.75. The van der Waals surface area contributed by atoms with Crippen LogP contribution in [-0.4, -0.2) is 16.7 Å². The molecule has 0 aliphatic carbocycles. The highest BCUT2D eigenvalue weighted by atomic mass is 19.1. The summed E-state index contributed by atoms with van der Waals surface area (Å²) in [4.78, 5) is 3.67. The van der Waals surface area contributed by atoms with Gasteiger partial charge in [-0.25, -0.2) is 4.39 Å². The topological polar surface area (TPSA) is 42.4 Å². The third-order valence-corrected chi connectivity index (χ3v) is 3.13. The van der Waals surface area contributed by atoms with Crippen molar-refractivity contribution in [1.82, 2.24) is 4.98 Å². The monoisotopic (exact) mass is 245 g/mol. The van der Waals surface area contributed by atoms with Gasteiger partial charge in [0.25, 0.3) is 0 Å². The van der Waals surface area contributed by atoms with Crippen LogP contribution in [0.2, 0.25) is 0 Å². The Bertz CT molecular complexity index is 586. The van der Waals surface area contributed by atoms with Crippen LogP contribution in [0.25, 0.3) is 0 Å². The molecule has 0 amide bonds. The van der Waals surface area contributed by atoms with Crippen LogP contribution in [0.5, 0.6) is 5.75 Å². The molecule has 0 radical (unpaired) electrons. The number of pyridine rings is 1. The molecule has 2 heterocycles. The van der Waals surface area contributed by atoms with Gasteiger partial charge in [-0.05, 0) is 29.3 Å². The van der Waals surface area contributed by atoms with Crippen molar-refractivity contribution in [2.24, 2.45) is 0 Å². The first kappa shape index (κ1) is 11.2. The Hall–Kier alpha value is -1.94. The van der Waals surface area contributed by atoms with E-state index in [0.29, 0.717) is 12.2 Å². The van der Waals surface area contributed by atoms with Crippen LogP contribution in [0.4, 0.5) is 4.39 Å². The summed E-state index contributed by atoms with van der Waals surface area (Å²) in [5.41, 5.74) is 1.97. The Morgan fingerprint density at radius 2 is 2.22 bits per heavy atom. The lowest BCUT2D eigenvalue weighted by Gasteiger charge is -2.13. The van der Waals surface area contributed by atoms with Crippen molar-refractivity contribution in [3.05, 3.63) is 59.2 Å². The largest absolute Gasteiger partial charge is 0.493 e. The molecule has 1 aliphatic heterocycles. The van der Waals surface area contributed by atoms with Crippen molar-refractivity contribution in [2.75, 3.05) is 6.61 Å². The van der Waals surface area contributed by atoms with Gasteiger partial charge in [-0.15, -0.1) is 0 Å². The van der Waals surface area contributed by atoms with Crippen molar-refractivity contribution in [3.63, 3.8) is 0 Å². The van der Waals surface area contributed by atoms with Crippen molar-refractivity contribution in [2.45, 2.75) is 12.5 Å². The average molecular weight is 245 g/mol. The highest BCUT2D eigenvalue weighted by molar-refractivity contribution is 5.42. The van der Waals surface area contributed by atoms with E-state index in [2.05, 4.69) is 4.98 Å². The zero-order valence-corrected chi connectivity index (χ0v) is 9.64. The minimum absolute atomic E-state index is 0.240. The smallest absolute Gasteiger partial charge is 0.147 e. The van der Waals surface area contributed by atoms with Gasteiger partial charge in [-0.1, -0.05) is 6.07 Å². The molecule has 0 spiro atoms. The van der Waals surface area contributed by atoms with Gasteiger partial charge >= 0.3 is 0 Å². The fourth-order valence-electron chi connectivity index (χ4n) is 2.16. The molecule has 18 heavy (non-hydrogen) atoms. The van der Waals surface area contributed by atoms with E-state index in [1.807, 2.05) is 12.1 Å². The van der Waals surface area contributed by atoms with Gasteiger partial charge < -0.3 is 9.84 Å². The highest BCUT2D eigenvalue weighted by Crippen LogP contribution is 2.31. The second-order valence-corrected chi connectivity index (χ2v) is 4.27. The molecule has 1 N–H and O–H groups in total. The molecule has 1 aromatic carbocycles. The molecule has 1 aliphatic rings. The number of halogens is 1. The molecular formula is C14H12FNO2. The zero-order chi connectivity index (χ0) is 12.5. The fourth-order valence-corrected chi connectivity index (χ4v) is 2.16. The molecule has 4 heteroatoms. The van der Waals surface area contributed by atoms with Crippen molar-refractivity contribution < 1.29 is 14.2 Å². The predicted octanol–water partition coefficient (Wildman–Crippen LogP) is 2.24. The Labute approximate surface area is 104 Å². The summed E-state index contributed by atoms with van der Waals surface area (Å²) in [5.74, 6) is 0.350. The van der Waals surface area contributed by atoms with E-state index in [0.717, 1.165) is 23.9 Å². The van der Waals surface area contributed by atoms with Gasteiger partial charge in [0.1, 0.15) is 17.7 Å². The van der Waals surface area contributed by atoms with Gasteiger partial charge in [0.2, 0.25) is 0 Å². The maximum absolute atomic E-state index is 13.6. The summed E-state index contributed by atoms with van der Waals surface area (Å²) in [7, 11) is 0. The van der Waals surface area contributed by atoms with E-state index in [-0.39, 0.29) is 5.56 Å². The van der Waals surface area contributed by atoms with E-state index in [1.165, 1.54) is 12.3 Å². The summed E-state index contributed by atoms with van der Waals surface area (Å²) >= 11 is 0. The highest BCUT2D eigenvalue weighted by Gasteiger charge is 2.18. The number of fused-ring (bicyclic) bond motifs is 1. The van der Waals surface area contributed by atoms with Crippen LogP contribution >= 0.6 is 0 Å². The van der Waals surface area contributed by atoms with E-state index in [9.17, 15) is 9.50 Å². The fraction of sp³-hybridized carbons (Fsp3) is 0.214. The number of ether oxygens (including phenoxy) is 1. The number of hydrogen-bond acceptors (Lipinski definition) is 3. The van der Waals surface area contributed by atoms with Crippen LogP contribution in [0, 0.1) is 5.82 Å². The summed E-state index contributed by atoms with van der Waals surface area (Å²) in [6.07, 6.45) is 2.43. The normalized spacial score (nSPS) is 15.0. The number of hydrogen-bond donors (Lipinski definition) is 1.